The van der Waals surface area contributed by atoms with Crippen molar-refractivity contribution in [1.82, 2.24) is 0 Å². The summed E-state index contributed by atoms with van der Waals surface area (Å²) in [5, 5.41) is 0. The van der Waals surface area contributed by atoms with Crippen LogP contribution in [0.3, 0.4) is 0 Å². The van der Waals surface area contributed by atoms with Gasteiger partial charge in [-0.15, -0.1) is 0 Å². The van der Waals surface area contributed by atoms with E-state index in [2.05, 4.69) is 27.7 Å². The van der Waals surface area contributed by atoms with Crippen molar-refractivity contribution in [3.05, 3.63) is 0 Å². The first-order chi connectivity index (χ1) is 5.09. The number of hydrogen-bond donors (Lipinski definition) is 1. The standard InChI is InChI=1S/C10H21N/c1-6-7(2)9(4)10(5-11)8(6)3/h6-10H,5,11H2,1-4H3. The molecule has 66 valence electrons. The summed E-state index contributed by atoms with van der Waals surface area (Å²) < 4.78 is 0. The van der Waals surface area contributed by atoms with Crippen LogP contribution in [0, 0.1) is 29.6 Å². The minimum absolute atomic E-state index is 0.764. The molecular weight excluding hydrogens is 134 g/mol. The fourth-order valence-electron chi connectivity index (χ4n) is 2.65. The molecule has 1 aliphatic rings. The second-order valence-electron chi connectivity index (χ2n) is 4.34. The van der Waals surface area contributed by atoms with Crippen molar-refractivity contribution in [2.24, 2.45) is 35.3 Å². The molecule has 1 heteroatoms. The van der Waals surface area contributed by atoms with Crippen molar-refractivity contribution in [2.45, 2.75) is 27.7 Å². The molecule has 0 saturated heterocycles. The second kappa shape index (κ2) is 3.14. The lowest BCUT2D eigenvalue weighted by molar-refractivity contribution is 0.330. The summed E-state index contributed by atoms with van der Waals surface area (Å²) in [5.41, 5.74) is 5.74. The molecule has 1 saturated carbocycles. The lowest BCUT2D eigenvalue weighted by atomic mass is 9.90. The Hall–Kier alpha value is -0.0400. The first kappa shape index (κ1) is 9.05. The molecule has 2 N–H and O–H groups in total. The molecule has 0 heterocycles. The molecule has 11 heavy (non-hydrogen) atoms. The quantitative estimate of drug-likeness (QED) is 0.616. The van der Waals surface area contributed by atoms with Crippen LogP contribution in [0.5, 0.6) is 0 Å². The zero-order valence-electron chi connectivity index (χ0n) is 8.17. The van der Waals surface area contributed by atoms with Gasteiger partial charge in [-0.1, -0.05) is 27.7 Å². The van der Waals surface area contributed by atoms with Gasteiger partial charge in [0.25, 0.3) is 0 Å². The Labute approximate surface area is 70.4 Å². The molecule has 1 aliphatic carbocycles. The largest absolute Gasteiger partial charge is 0.330 e. The number of rotatable bonds is 1. The highest BCUT2D eigenvalue weighted by molar-refractivity contribution is 4.89. The summed E-state index contributed by atoms with van der Waals surface area (Å²) in [6, 6.07) is 0. The second-order valence-corrected chi connectivity index (χ2v) is 4.34. The van der Waals surface area contributed by atoms with Crippen LogP contribution in [0.1, 0.15) is 27.7 Å². The number of hydrogen-bond acceptors (Lipinski definition) is 1. The predicted octanol–water partition coefficient (Wildman–Crippen LogP) is 2.12. The Morgan fingerprint density at radius 2 is 1.18 bits per heavy atom. The molecular formula is C10H21N. The van der Waals surface area contributed by atoms with Crippen LogP contribution in [-0.2, 0) is 0 Å². The molecule has 4 unspecified atom stereocenters. The van der Waals surface area contributed by atoms with Crippen LogP contribution < -0.4 is 5.73 Å². The molecule has 4 atom stereocenters. The minimum Gasteiger partial charge on any atom is -0.330 e. The van der Waals surface area contributed by atoms with Gasteiger partial charge in [0.2, 0.25) is 0 Å². The SMILES string of the molecule is CC1C(C)C(C)C(CN)C1C. The van der Waals surface area contributed by atoms with Crippen molar-refractivity contribution in [3.63, 3.8) is 0 Å². The minimum atomic E-state index is 0.764. The van der Waals surface area contributed by atoms with Gasteiger partial charge in [0, 0.05) is 0 Å². The van der Waals surface area contributed by atoms with Crippen molar-refractivity contribution in [3.8, 4) is 0 Å². The van der Waals surface area contributed by atoms with E-state index in [1.54, 1.807) is 0 Å². The maximum atomic E-state index is 5.74. The third-order valence-electron chi connectivity index (χ3n) is 4.11. The number of nitrogens with two attached hydrogens (primary N) is 1. The van der Waals surface area contributed by atoms with Crippen LogP contribution in [0.25, 0.3) is 0 Å². The summed E-state index contributed by atoms with van der Waals surface area (Å²) in [4.78, 5) is 0. The van der Waals surface area contributed by atoms with E-state index >= 15 is 0 Å². The summed E-state index contributed by atoms with van der Waals surface area (Å²) >= 11 is 0. The zero-order chi connectivity index (χ0) is 8.59. The van der Waals surface area contributed by atoms with E-state index in [0.29, 0.717) is 0 Å². The van der Waals surface area contributed by atoms with Gasteiger partial charge < -0.3 is 5.73 Å². The summed E-state index contributed by atoms with van der Waals surface area (Å²) in [6.45, 7) is 10.3. The zero-order valence-corrected chi connectivity index (χ0v) is 8.17. The lowest BCUT2D eigenvalue weighted by Gasteiger charge is -2.18. The van der Waals surface area contributed by atoms with Crippen molar-refractivity contribution < 1.29 is 0 Å². The highest BCUT2D eigenvalue weighted by Gasteiger charge is 2.40. The molecule has 0 spiro atoms. The highest BCUT2D eigenvalue weighted by atomic mass is 14.6. The molecule has 0 aromatic carbocycles. The fraction of sp³-hybridized carbons (Fsp3) is 1.00. The van der Waals surface area contributed by atoms with E-state index in [4.69, 9.17) is 5.73 Å². The monoisotopic (exact) mass is 155 g/mol. The van der Waals surface area contributed by atoms with Crippen molar-refractivity contribution >= 4 is 0 Å². The molecule has 1 fully saturated rings. The van der Waals surface area contributed by atoms with Crippen LogP contribution in [0.4, 0.5) is 0 Å². The van der Waals surface area contributed by atoms with Gasteiger partial charge in [-0.25, -0.2) is 0 Å². The molecule has 1 nitrogen and oxygen atoms in total. The molecule has 0 amide bonds. The van der Waals surface area contributed by atoms with Crippen LogP contribution in [0.2, 0.25) is 0 Å². The molecule has 0 aromatic rings. The van der Waals surface area contributed by atoms with E-state index < -0.39 is 0 Å². The maximum Gasteiger partial charge on any atom is -0.00436 e. The van der Waals surface area contributed by atoms with Gasteiger partial charge in [-0.2, -0.15) is 0 Å². The Morgan fingerprint density at radius 1 is 0.818 bits per heavy atom. The molecule has 0 aliphatic heterocycles. The average Bonchev–Trinajstić information content (AvgIpc) is 2.17. The first-order valence-electron chi connectivity index (χ1n) is 4.79. The van der Waals surface area contributed by atoms with E-state index in [1.807, 2.05) is 0 Å². The van der Waals surface area contributed by atoms with Gasteiger partial charge in [0.15, 0.2) is 0 Å². The smallest absolute Gasteiger partial charge is 0.00436 e. The van der Waals surface area contributed by atoms with E-state index in [9.17, 15) is 0 Å². The normalized spacial score (nSPS) is 51.5. The average molecular weight is 155 g/mol. The van der Waals surface area contributed by atoms with E-state index in [-0.39, 0.29) is 0 Å². The van der Waals surface area contributed by atoms with Crippen LogP contribution in [0.15, 0.2) is 0 Å². The first-order valence-corrected chi connectivity index (χ1v) is 4.79. The van der Waals surface area contributed by atoms with Gasteiger partial charge in [0.1, 0.15) is 0 Å². The van der Waals surface area contributed by atoms with Gasteiger partial charge in [-0.3, -0.25) is 0 Å². The topological polar surface area (TPSA) is 26.0 Å². The van der Waals surface area contributed by atoms with Gasteiger partial charge >= 0.3 is 0 Å². The van der Waals surface area contributed by atoms with Crippen molar-refractivity contribution in [2.75, 3.05) is 6.54 Å². The molecule has 0 bridgehead atoms. The highest BCUT2D eigenvalue weighted by Crippen LogP contribution is 2.44. The van der Waals surface area contributed by atoms with Crippen molar-refractivity contribution in [1.29, 1.82) is 0 Å². The van der Waals surface area contributed by atoms with E-state index in [0.717, 1.165) is 36.1 Å². The predicted molar refractivity (Wildman–Crippen MR) is 49.2 cm³/mol. The third kappa shape index (κ3) is 1.31. The summed E-state index contributed by atoms with van der Waals surface area (Å²) in [5.74, 6) is 4.13. The summed E-state index contributed by atoms with van der Waals surface area (Å²) in [6.07, 6.45) is 0. The Kier molecular flexibility index (Phi) is 2.58. The Balaban J connectivity index is 2.69. The van der Waals surface area contributed by atoms with E-state index in [1.165, 1.54) is 0 Å². The fourth-order valence-corrected chi connectivity index (χ4v) is 2.65. The van der Waals surface area contributed by atoms with Gasteiger partial charge in [-0.05, 0) is 36.1 Å². The van der Waals surface area contributed by atoms with Crippen LogP contribution >= 0.6 is 0 Å². The molecule has 0 radical (unpaired) electrons. The molecule has 1 rings (SSSR count). The van der Waals surface area contributed by atoms with Gasteiger partial charge in [0.05, 0.1) is 0 Å². The Morgan fingerprint density at radius 3 is 1.36 bits per heavy atom. The Bertz CT molecular complexity index is 119. The maximum absolute atomic E-state index is 5.74. The van der Waals surface area contributed by atoms with Crippen LogP contribution in [-0.4, -0.2) is 6.54 Å². The lowest BCUT2D eigenvalue weighted by Crippen LogP contribution is -2.22. The molecule has 0 aromatic heterocycles. The summed E-state index contributed by atoms with van der Waals surface area (Å²) in [7, 11) is 0. The third-order valence-corrected chi connectivity index (χ3v) is 4.11.